The van der Waals surface area contributed by atoms with Crippen LogP contribution in [0.1, 0.15) is 33.1 Å². The van der Waals surface area contributed by atoms with Gasteiger partial charge in [0, 0.05) is 12.6 Å². The van der Waals surface area contributed by atoms with Crippen LogP contribution in [0.5, 0.6) is 0 Å². The molecule has 0 saturated heterocycles. The lowest BCUT2D eigenvalue weighted by Crippen LogP contribution is -2.38. The van der Waals surface area contributed by atoms with Crippen LogP contribution in [0.25, 0.3) is 0 Å². The normalized spacial score (nSPS) is 19.1. The van der Waals surface area contributed by atoms with Crippen LogP contribution in [-0.2, 0) is 4.74 Å². The van der Waals surface area contributed by atoms with Gasteiger partial charge in [-0.25, -0.2) is 0 Å². The third-order valence-corrected chi connectivity index (χ3v) is 2.78. The van der Waals surface area contributed by atoms with E-state index in [2.05, 4.69) is 30.2 Å². The fourth-order valence-electron chi connectivity index (χ4n) is 1.51. The maximum atomic E-state index is 5.76. The van der Waals surface area contributed by atoms with E-state index in [0.717, 1.165) is 39.0 Å². The second-order valence-electron chi connectivity index (χ2n) is 4.16. The van der Waals surface area contributed by atoms with Crippen LogP contribution in [0.15, 0.2) is 16.6 Å². The Kier molecular flexibility index (Phi) is 5.93. The summed E-state index contributed by atoms with van der Waals surface area (Å²) in [6.45, 7) is 6.58. The van der Waals surface area contributed by atoms with Crippen molar-refractivity contribution in [2.75, 3.05) is 19.8 Å². The third-order valence-electron chi connectivity index (χ3n) is 2.78. The van der Waals surface area contributed by atoms with Crippen molar-refractivity contribution < 1.29 is 4.74 Å². The zero-order valence-corrected chi connectivity index (χ0v) is 10.3. The molecule has 0 saturated carbocycles. The van der Waals surface area contributed by atoms with Crippen molar-refractivity contribution in [1.82, 2.24) is 5.32 Å². The van der Waals surface area contributed by atoms with Crippen molar-refractivity contribution in [2.24, 2.45) is 10.7 Å². The van der Waals surface area contributed by atoms with Gasteiger partial charge in [0.1, 0.15) is 0 Å². The molecule has 3 N–H and O–H groups in total. The molecule has 1 aliphatic rings. The van der Waals surface area contributed by atoms with Crippen molar-refractivity contribution in [3.05, 3.63) is 11.6 Å². The Balaban J connectivity index is 2.22. The summed E-state index contributed by atoms with van der Waals surface area (Å²) >= 11 is 0. The first-order chi connectivity index (χ1) is 7.72. The fourth-order valence-corrected chi connectivity index (χ4v) is 1.51. The molecule has 0 aromatic heterocycles. The highest BCUT2D eigenvalue weighted by atomic mass is 16.5. The Morgan fingerprint density at radius 3 is 3.12 bits per heavy atom. The van der Waals surface area contributed by atoms with Crippen LogP contribution in [-0.4, -0.2) is 31.8 Å². The van der Waals surface area contributed by atoms with Gasteiger partial charge in [-0.15, -0.1) is 0 Å². The van der Waals surface area contributed by atoms with E-state index in [1.807, 2.05) is 0 Å². The van der Waals surface area contributed by atoms with Gasteiger partial charge in [-0.05, 0) is 26.2 Å². The molecule has 1 heterocycles. The second kappa shape index (κ2) is 7.28. The molecule has 4 heteroatoms. The largest absolute Gasteiger partial charge is 0.377 e. The summed E-state index contributed by atoms with van der Waals surface area (Å²) < 4.78 is 5.25. The molecule has 0 aliphatic carbocycles. The first kappa shape index (κ1) is 13.0. The van der Waals surface area contributed by atoms with Crippen molar-refractivity contribution in [2.45, 2.75) is 39.2 Å². The van der Waals surface area contributed by atoms with E-state index >= 15 is 0 Å². The Morgan fingerprint density at radius 1 is 1.69 bits per heavy atom. The topological polar surface area (TPSA) is 59.6 Å². The molecule has 92 valence electrons. The Hall–Kier alpha value is -1.03. The summed E-state index contributed by atoms with van der Waals surface area (Å²) in [6.07, 6.45) is 5.23. The molecule has 0 aromatic rings. The number of nitrogens with one attached hydrogen (secondary N) is 1. The number of hydrogen-bond donors (Lipinski definition) is 2. The average Bonchev–Trinajstić information content (AvgIpc) is 2.30. The Labute approximate surface area is 98.0 Å². The van der Waals surface area contributed by atoms with Crippen molar-refractivity contribution in [3.63, 3.8) is 0 Å². The van der Waals surface area contributed by atoms with Crippen LogP contribution >= 0.6 is 0 Å². The number of ether oxygens (including phenoxy) is 1. The maximum Gasteiger partial charge on any atom is 0.188 e. The molecule has 1 atom stereocenters. The van der Waals surface area contributed by atoms with E-state index < -0.39 is 0 Å². The van der Waals surface area contributed by atoms with E-state index in [9.17, 15) is 0 Å². The summed E-state index contributed by atoms with van der Waals surface area (Å²) in [5.41, 5.74) is 7.20. The quantitative estimate of drug-likeness (QED) is 0.423. The number of rotatable bonds is 5. The maximum absolute atomic E-state index is 5.76. The SMILES string of the molecule is CCC(C)NC(N)=NCCC1=CCOCC1. The predicted octanol–water partition coefficient (Wildman–Crippen LogP) is 1.43. The van der Waals surface area contributed by atoms with Gasteiger partial charge in [0.25, 0.3) is 0 Å². The minimum absolute atomic E-state index is 0.394. The van der Waals surface area contributed by atoms with Gasteiger partial charge in [0.15, 0.2) is 5.96 Å². The Morgan fingerprint density at radius 2 is 2.50 bits per heavy atom. The first-order valence-corrected chi connectivity index (χ1v) is 6.04. The number of hydrogen-bond acceptors (Lipinski definition) is 2. The lowest BCUT2D eigenvalue weighted by atomic mass is 10.1. The van der Waals surface area contributed by atoms with Crippen molar-refractivity contribution in [1.29, 1.82) is 0 Å². The highest BCUT2D eigenvalue weighted by molar-refractivity contribution is 5.78. The van der Waals surface area contributed by atoms with E-state index in [0.29, 0.717) is 12.0 Å². The molecule has 4 nitrogen and oxygen atoms in total. The van der Waals surface area contributed by atoms with Crippen LogP contribution in [0.3, 0.4) is 0 Å². The van der Waals surface area contributed by atoms with Gasteiger partial charge in [0.2, 0.25) is 0 Å². The molecular formula is C12H23N3O. The summed E-state index contributed by atoms with van der Waals surface area (Å²) in [5, 5.41) is 3.15. The molecule has 0 fully saturated rings. The average molecular weight is 225 g/mol. The fraction of sp³-hybridized carbons (Fsp3) is 0.750. The molecular weight excluding hydrogens is 202 g/mol. The number of nitrogens with two attached hydrogens (primary N) is 1. The molecule has 1 rings (SSSR count). The van der Waals surface area contributed by atoms with Gasteiger partial charge in [-0.1, -0.05) is 18.6 Å². The van der Waals surface area contributed by atoms with E-state index in [1.165, 1.54) is 5.57 Å². The van der Waals surface area contributed by atoms with E-state index in [1.54, 1.807) is 0 Å². The van der Waals surface area contributed by atoms with Crippen LogP contribution in [0, 0.1) is 0 Å². The molecule has 0 radical (unpaired) electrons. The molecule has 0 aromatic carbocycles. The standard InChI is InChI=1S/C12H23N3O/c1-3-10(2)15-12(13)14-7-4-11-5-8-16-9-6-11/h5,10H,3-4,6-9H2,1-2H3,(H3,13,14,15). The molecule has 0 amide bonds. The van der Waals surface area contributed by atoms with Crippen LogP contribution in [0.2, 0.25) is 0 Å². The smallest absolute Gasteiger partial charge is 0.188 e. The van der Waals surface area contributed by atoms with Crippen molar-refractivity contribution >= 4 is 5.96 Å². The van der Waals surface area contributed by atoms with Gasteiger partial charge in [-0.3, -0.25) is 4.99 Å². The number of guanidine groups is 1. The van der Waals surface area contributed by atoms with E-state index in [-0.39, 0.29) is 0 Å². The minimum Gasteiger partial charge on any atom is -0.377 e. The summed E-state index contributed by atoms with van der Waals surface area (Å²) in [6, 6.07) is 0.394. The Bertz CT molecular complexity index is 261. The van der Waals surface area contributed by atoms with Crippen LogP contribution in [0.4, 0.5) is 0 Å². The molecule has 0 spiro atoms. The molecule has 16 heavy (non-hydrogen) atoms. The van der Waals surface area contributed by atoms with Gasteiger partial charge >= 0.3 is 0 Å². The molecule has 1 aliphatic heterocycles. The van der Waals surface area contributed by atoms with Gasteiger partial charge < -0.3 is 15.8 Å². The third kappa shape index (κ3) is 5.16. The predicted molar refractivity (Wildman–Crippen MR) is 67.5 cm³/mol. The molecule has 1 unspecified atom stereocenters. The summed E-state index contributed by atoms with van der Waals surface area (Å²) in [7, 11) is 0. The lowest BCUT2D eigenvalue weighted by molar-refractivity contribution is 0.153. The van der Waals surface area contributed by atoms with Gasteiger partial charge in [0.05, 0.1) is 13.2 Å². The summed E-state index contributed by atoms with van der Waals surface area (Å²) in [4.78, 5) is 4.31. The van der Waals surface area contributed by atoms with Crippen LogP contribution < -0.4 is 11.1 Å². The number of nitrogens with zero attached hydrogens (tertiary/aromatic N) is 1. The highest BCUT2D eigenvalue weighted by Gasteiger charge is 2.03. The van der Waals surface area contributed by atoms with Crippen molar-refractivity contribution in [3.8, 4) is 0 Å². The highest BCUT2D eigenvalue weighted by Crippen LogP contribution is 2.11. The first-order valence-electron chi connectivity index (χ1n) is 6.04. The molecule has 0 bridgehead atoms. The zero-order valence-electron chi connectivity index (χ0n) is 10.3. The van der Waals surface area contributed by atoms with Gasteiger partial charge in [-0.2, -0.15) is 0 Å². The lowest BCUT2D eigenvalue weighted by Gasteiger charge is -2.13. The second-order valence-corrected chi connectivity index (χ2v) is 4.16. The van der Waals surface area contributed by atoms with E-state index in [4.69, 9.17) is 10.5 Å². The number of aliphatic imine (C=N–C) groups is 1. The zero-order chi connectivity index (χ0) is 11.8. The summed E-state index contributed by atoms with van der Waals surface area (Å²) in [5.74, 6) is 0.557. The minimum atomic E-state index is 0.394. The monoisotopic (exact) mass is 225 g/mol.